The van der Waals surface area contributed by atoms with E-state index in [2.05, 4.69) is 12.2 Å². The van der Waals surface area contributed by atoms with E-state index in [1.165, 1.54) is 19.3 Å². The second kappa shape index (κ2) is 6.35. The number of hydrogen-bond donors (Lipinski definition) is 1. The fraction of sp³-hybridized carbons (Fsp3) is 1.00. The third kappa shape index (κ3) is 3.63. The van der Waals surface area contributed by atoms with Crippen LogP contribution in [-0.2, 0) is 9.47 Å². The molecule has 0 aromatic rings. The maximum Gasteiger partial charge on any atom is 0.0750 e. The van der Waals surface area contributed by atoms with Crippen LogP contribution in [0.3, 0.4) is 0 Å². The molecule has 1 saturated heterocycles. The summed E-state index contributed by atoms with van der Waals surface area (Å²) >= 11 is 0. The molecule has 1 fully saturated rings. The van der Waals surface area contributed by atoms with Crippen molar-refractivity contribution in [2.45, 2.75) is 38.3 Å². The number of likely N-dealkylation sites (N-methyl/N-ethyl adjacent to an activating group) is 1. The topological polar surface area (TPSA) is 30.5 Å². The van der Waals surface area contributed by atoms with Crippen molar-refractivity contribution in [1.82, 2.24) is 5.32 Å². The summed E-state index contributed by atoms with van der Waals surface area (Å²) in [6.45, 7) is 4.76. The molecule has 3 heteroatoms. The zero-order valence-corrected chi connectivity index (χ0v) is 8.71. The van der Waals surface area contributed by atoms with E-state index >= 15 is 0 Å². The molecule has 13 heavy (non-hydrogen) atoms. The Morgan fingerprint density at radius 1 is 1.54 bits per heavy atom. The Bertz CT molecular complexity index is 118. The molecule has 78 valence electrons. The summed E-state index contributed by atoms with van der Waals surface area (Å²) in [6, 6.07) is 0.371. The molecule has 1 rings (SSSR count). The predicted octanol–water partition coefficient (Wildman–Crippen LogP) is 1.18. The number of hydrogen-bond acceptors (Lipinski definition) is 3. The van der Waals surface area contributed by atoms with Crippen LogP contribution in [0, 0.1) is 0 Å². The molecule has 0 aliphatic carbocycles. The van der Waals surface area contributed by atoms with E-state index in [1.807, 2.05) is 0 Å². The standard InChI is InChI=1S/C10H21NO2/c1-3-11-9(8-12-2)10-6-4-5-7-13-10/h9-11H,3-8H2,1-2H3. The predicted molar refractivity (Wildman–Crippen MR) is 52.9 cm³/mol. The van der Waals surface area contributed by atoms with E-state index in [4.69, 9.17) is 9.47 Å². The molecule has 0 aromatic heterocycles. The fourth-order valence-electron chi connectivity index (χ4n) is 1.82. The van der Waals surface area contributed by atoms with Gasteiger partial charge in [0.25, 0.3) is 0 Å². The number of rotatable bonds is 5. The van der Waals surface area contributed by atoms with Gasteiger partial charge >= 0.3 is 0 Å². The van der Waals surface area contributed by atoms with Gasteiger partial charge < -0.3 is 14.8 Å². The van der Waals surface area contributed by atoms with Gasteiger partial charge in [0.2, 0.25) is 0 Å². The van der Waals surface area contributed by atoms with Crippen LogP contribution < -0.4 is 5.32 Å². The highest BCUT2D eigenvalue weighted by Gasteiger charge is 2.23. The highest BCUT2D eigenvalue weighted by atomic mass is 16.5. The lowest BCUT2D eigenvalue weighted by molar-refractivity contribution is -0.0244. The van der Waals surface area contributed by atoms with Gasteiger partial charge in [-0.05, 0) is 25.8 Å². The molecule has 2 unspecified atom stereocenters. The zero-order chi connectivity index (χ0) is 9.52. The van der Waals surface area contributed by atoms with Crippen LogP contribution in [0.1, 0.15) is 26.2 Å². The summed E-state index contributed by atoms with van der Waals surface area (Å²) in [5, 5.41) is 3.40. The van der Waals surface area contributed by atoms with Crippen molar-refractivity contribution < 1.29 is 9.47 Å². The van der Waals surface area contributed by atoms with E-state index in [9.17, 15) is 0 Å². The van der Waals surface area contributed by atoms with Gasteiger partial charge in [0, 0.05) is 13.7 Å². The molecular formula is C10H21NO2. The molecule has 0 amide bonds. The first-order chi connectivity index (χ1) is 6.38. The summed E-state index contributed by atoms with van der Waals surface area (Å²) in [7, 11) is 1.74. The normalized spacial score (nSPS) is 25.8. The lowest BCUT2D eigenvalue weighted by Gasteiger charge is -2.30. The van der Waals surface area contributed by atoms with Crippen LogP contribution in [0.25, 0.3) is 0 Å². The van der Waals surface area contributed by atoms with Gasteiger partial charge in [0.15, 0.2) is 0 Å². The van der Waals surface area contributed by atoms with Crippen LogP contribution >= 0.6 is 0 Å². The van der Waals surface area contributed by atoms with Crippen LogP contribution in [0.2, 0.25) is 0 Å². The minimum Gasteiger partial charge on any atom is -0.383 e. The van der Waals surface area contributed by atoms with Crippen molar-refractivity contribution >= 4 is 0 Å². The summed E-state index contributed by atoms with van der Waals surface area (Å²) in [5.74, 6) is 0. The molecule has 1 N–H and O–H groups in total. The highest BCUT2D eigenvalue weighted by Crippen LogP contribution is 2.15. The van der Waals surface area contributed by atoms with Crippen LogP contribution in [0.4, 0.5) is 0 Å². The van der Waals surface area contributed by atoms with E-state index < -0.39 is 0 Å². The van der Waals surface area contributed by atoms with Crippen molar-refractivity contribution in [2.24, 2.45) is 0 Å². The fourth-order valence-corrected chi connectivity index (χ4v) is 1.82. The summed E-state index contributed by atoms with van der Waals surface area (Å²) in [4.78, 5) is 0. The molecule has 0 bridgehead atoms. The van der Waals surface area contributed by atoms with Crippen molar-refractivity contribution in [3.05, 3.63) is 0 Å². The average Bonchev–Trinajstić information content (AvgIpc) is 2.19. The Morgan fingerprint density at radius 2 is 2.38 bits per heavy atom. The average molecular weight is 187 g/mol. The Kier molecular flexibility index (Phi) is 5.35. The Hall–Kier alpha value is -0.120. The molecule has 0 aromatic carbocycles. The third-order valence-electron chi connectivity index (χ3n) is 2.48. The largest absolute Gasteiger partial charge is 0.383 e. The first kappa shape index (κ1) is 11.0. The van der Waals surface area contributed by atoms with E-state index in [0.29, 0.717) is 12.1 Å². The first-order valence-corrected chi connectivity index (χ1v) is 5.22. The lowest BCUT2D eigenvalue weighted by Crippen LogP contribution is -2.45. The number of methoxy groups -OCH3 is 1. The summed E-state index contributed by atoms with van der Waals surface area (Å²) < 4.78 is 10.9. The third-order valence-corrected chi connectivity index (χ3v) is 2.48. The van der Waals surface area contributed by atoms with E-state index in [-0.39, 0.29) is 0 Å². The molecule has 0 saturated carbocycles. The monoisotopic (exact) mass is 187 g/mol. The minimum atomic E-state index is 0.355. The van der Waals surface area contributed by atoms with Crippen LogP contribution in [-0.4, -0.2) is 39.0 Å². The van der Waals surface area contributed by atoms with E-state index in [0.717, 1.165) is 19.8 Å². The van der Waals surface area contributed by atoms with Gasteiger partial charge in [0.05, 0.1) is 18.8 Å². The van der Waals surface area contributed by atoms with Gasteiger partial charge in [-0.1, -0.05) is 6.92 Å². The van der Waals surface area contributed by atoms with Crippen molar-refractivity contribution in [3.63, 3.8) is 0 Å². The summed E-state index contributed by atoms with van der Waals surface area (Å²) in [5.41, 5.74) is 0. The molecule has 1 aliphatic heterocycles. The van der Waals surface area contributed by atoms with E-state index in [1.54, 1.807) is 7.11 Å². The maximum atomic E-state index is 5.70. The smallest absolute Gasteiger partial charge is 0.0750 e. The summed E-state index contributed by atoms with van der Waals surface area (Å²) in [6.07, 6.45) is 4.02. The quantitative estimate of drug-likeness (QED) is 0.701. The number of nitrogens with one attached hydrogen (secondary N) is 1. The Balaban J connectivity index is 2.32. The van der Waals surface area contributed by atoms with Crippen molar-refractivity contribution in [1.29, 1.82) is 0 Å². The SMILES string of the molecule is CCNC(COC)C1CCCCO1. The lowest BCUT2D eigenvalue weighted by atomic mass is 10.0. The van der Waals surface area contributed by atoms with Gasteiger partial charge in [-0.3, -0.25) is 0 Å². The Morgan fingerprint density at radius 3 is 2.92 bits per heavy atom. The second-order valence-corrected chi connectivity index (χ2v) is 3.52. The van der Waals surface area contributed by atoms with Gasteiger partial charge in [-0.25, -0.2) is 0 Å². The maximum absolute atomic E-state index is 5.70. The molecule has 0 spiro atoms. The van der Waals surface area contributed by atoms with Crippen molar-refractivity contribution in [2.75, 3.05) is 26.9 Å². The molecule has 1 heterocycles. The molecule has 3 nitrogen and oxygen atoms in total. The van der Waals surface area contributed by atoms with Crippen LogP contribution in [0.5, 0.6) is 0 Å². The minimum absolute atomic E-state index is 0.355. The van der Waals surface area contributed by atoms with Crippen molar-refractivity contribution in [3.8, 4) is 0 Å². The van der Waals surface area contributed by atoms with Crippen LogP contribution in [0.15, 0.2) is 0 Å². The highest BCUT2D eigenvalue weighted by molar-refractivity contribution is 4.78. The molecular weight excluding hydrogens is 166 g/mol. The zero-order valence-electron chi connectivity index (χ0n) is 8.71. The number of ether oxygens (including phenoxy) is 2. The van der Waals surface area contributed by atoms with Gasteiger partial charge in [0.1, 0.15) is 0 Å². The Labute approximate surface area is 80.8 Å². The first-order valence-electron chi connectivity index (χ1n) is 5.22. The molecule has 1 aliphatic rings. The van der Waals surface area contributed by atoms with Gasteiger partial charge in [-0.15, -0.1) is 0 Å². The van der Waals surface area contributed by atoms with Gasteiger partial charge in [-0.2, -0.15) is 0 Å². The molecule has 2 atom stereocenters. The second-order valence-electron chi connectivity index (χ2n) is 3.52. The molecule has 0 radical (unpaired) electrons.